The highest BCUT2D eigenvalue weighted by Gasteiger charge is 2.43. The van der Waals surface area contributed by atoms with Crippen LogP contribution < -0.4 is 0 Å². The number of aromatic nitrogens is 1. The minimum atomic E-state index is -0.905. The summed E-state index contributed by atoms with van der Waals surface area (Å²) < 4.78 is 0. The Kier molecular flexibility index (Phi) is 5.22. The minimum absolute atomic E-state index is 0.145. The van der Waals surface area contributed by atoms with E-state index in [4.69, 9.17) is 23.2 Å². The van der Waals surface area contributed by atoms with Gasteiger partial charge in [-0.05, 0) is 37.6 Å². The van der Waals surface area contributed by atoms with E-state index in [0.29, 0.717) is 27.6 Å². The van der Waals surface area contributed by atoms with E-state index in [9.17, 15) is 9.59 Å². The average molecular weight is 372 g/mol. The number of ketones is 2. The second-order valence-electron chi connectivity index (χ2n) is 5.96. The molecule has 1 heterocycles. The van der Waals surface area contributed by atoms with Gasteiger partial charge in [0.1, 0.15) is 11.7 Å². The molecule has 5 heteroatoms. The fraction of sp³-hybridized carbons (Fsp3) is 0.250. The summed E-state index contributed by atoms with van der Waals surface area (Å²) in [6.07, 6.45) is 2.30. The number of rotatable bonds is 3. The third-order valence-corrected chi connectivity index (χ3v) is 4.90. The molecule has 1 saturated carbocycles. The molecule has 0 aliphatic heterocycles. The number of halogens is 2. The van der Waals surface area contributed by atoms with Crippen molar-refractivity contribution < 1.29 is 9.59 Å². The first-order chi connectivity index (χ1) is 12.0. The Hall–Kier alpha value is -2.15. The first kappa shape index (κ1) is 17.7. The summed E-state index contributed by atoms with van der Waals surface area (Å²) in [5.74, 6) is 4.05. The van der Waals surface area contributed by atoms with E-state index in [1.54, 1.807) is 25.3 Å². The van der Waals surface area contributed by atoms with Gasteiger partial charge in [-0.1, -0.05) is 35.2 Å². The lowest BCUT2D eigenvalue weighted by Crippen LogP contribution is -2.18. The molecule has 3 rings (SSSR count). The highest BCUT2D eigenvalue weighted by Crippen LogP contribution is 2.40. The molecule has 0 spiro atoms. The van der Waals surface area contributed by atoms with Crippen molar-refractivity contribution in [1.82, 2.24) is 4.98 Å². The number of pyridine rings is 1. The standard InChI is InChI=1S/C20H15Cl2NO2/c1-2-5-12-8-15(21)18(16(22)9-12)19-17(24)11-13(20(19)25)10-14-6-3-4-7-23-14/h3-4,6-9,13,19H,10-11H2,1H3. The number of hydrogen-bond donors (Lipinski definition) is 0. The second-order valence-corrected chi connectivity index (χ2v) is 6.77. The van der Waals surface area contributed by atoms with Crippen LogP contribution in [0.3, 0.4) is 0 Å². The summed E-state index contributed by atoms with van der Waals surface area (Å²) in [4.78, 5) is 29.6. The lowest BCUT2D eigenvalue weighted by atomic mass is 9.92. The largest absolute Gasteiger partial charge is 0.298 e. The zero-order chi connectivity index (χ0) is 18.0. The van der Waals surface area contributed by atoms with Crippen LogP contribution in [0.1, 0.15) is 36.1 Å². The summed E-state index contributed by atoms with van der Waals surface area (Å²) in [6, 6.07) is 8.82. The summed E-state index contributed by atoms with van der Waals surface area (Å²) >= 11 is 12.6. The number of hydrogen-bond acceptors (Lipinski definition) is 3. The average Bonchev–Trinajstić information content (AvgIpc) is 2.83. The van der Waals surface area contributed by atoms with Crippen LogP contribution in [-0.2, 0) is 16.0 Å². The molecule has 0 N–H and O–H groups in total. The number of carbonyl (C=O) groups is 2. The van der Waals surface area contributed by atoms with Crippen LogP contribution in [0, 0.1) is 17.8 Å². The molecule has 25 heavy (non-hydrogen) atoms. The fourth-order valence-electron chi connectivity index (χ4n) is 3.18. The molecule has 1 aromatic heterocycles. The molecule has 126 valence electrons. The number of Topliss-reactive ketones (excluding diaryl/α,β-unsaturated/α-hetero) is 2. The molecule has 1 fully saturated rings. The van der Waals surface area contributed by atoms with E-state index in [2.05, 4.69) is 16.8 Å². The molecule has 3 nitrogen and oxygen atoms in total. The van der Waals surface area contributed by atoms with Crippen LogP contribution in [0.5, 0.6) is 0 Å². The van der Waals surface area contributed by atoms with Gasteiger partial charge in [-0.2, -0.15) is 0 Å². The Labute approximate surface area is 156 Å². The Morgan fingerprint density at radius 3 is 2.52 bits per heavy atom. The number of carbonyl (C=O) groups excluding carboxylic acids is 2. The Balaban J connectivity index is 1.91. The van der Waals surface area contributed by atoms with Crippen molar-refractivity contribution >= 4 is 34.8 Å². The maximum absolute atomic E-state index is 12.8. The van der Waals surface area contributed by atoms with Gasteiger partial charge in [-0.25, -0.2) is 0 Å². The second kappa shape index (κ2) is 7.39. The van der Waals surface area contributed by atoms with E-state index in [1.807, 2.05) is 18.2 Å². The molecule has 1 aliphatic carbocycles. The fourth-order valence-corrected chi connectivity index (χ4v) is 3.88. The summed E-state index contributed by atoms with van der Waals surface area (Å²) in [5.41, 5.74) is 1.84. The predicted octanol–water partition coefficient (Wildman–Crippen LogP) is 4.24. The molecule has 0 radical (unpaired) electrons. The highest BCUT2D eigenvalue weighted by atomic mass is 35.5. The Morgan fingerprint density at radius 1 is 1.20 bits per heavy atom. The third kappa shape index (κ3) is 3.61. The quantitative estimate of drug-likeness (QED) is 0.598. The normalized spacial score (nSPS) is 19.6. The van der Waals surface area contributed by atoms with E-state index in [-0.39, 0.29) is 18.0 Å². The highest BCUT2D eigenvalue weighted by molar-refractivity contribution is 6.37. The van der Waals surface area contributed by atoms with Gasteiger partial charge >= 0.3 is 0 Å². The number of nitrogens with zero attached hydrogens (tertiary/aromatic N) is 1. The molecule has 2 aromatic rings. The van der Waals surface area contributed by atoms with E-state index < -0.39 is 11.8 Å². The molecule has 0 amide bonds. The topological polar surface area (TPSA) is 47.0 Å². The van der Waals surface area contributed by atoms with E-state index >= 15 is 0 Å². The molecular formula is C20H15Cl2NO2. The third-order valence-electron chi connectivity index (χ3n) is 4.28. The van der Waals surface area contributed by atoms with Crippen molar-refractivity contribution in [3.05, 3.63) is 63.4 Å². The Bertz CT molecular complexity index is 874. The zero-order valence-electron chi connectivity index (χ0n) is 13.6. The van der Waals surface area contributed by atoms with Crippen molar-refractivity contribution in [3.8, 4) is 11.8 Å². The molecular weight excluding hydrogens is 357 g/mol. The molecule has 0 bridgehead atoms. The van der Waals surface area contributed by atoms with Crippen molar-refractivity contribution in [2.75, 3.05) is 0 Å². The van der Waals surface area contributed by atoms with E-state index in [1.165, 1.54) is 0 Å². The Morgan fingerprint density at radius 2 is 1.92 bits per heavy atom. The summed E-state index contributed by atoms with van der Waals surface area (Å²) in [6.45, 7) is 1.71. The monoisotopic (exact) mass is 371 g/mol. The maximum Gasteiger partial charge on any atom is 0.151 e. The van der Waals surface area contributed by atoms with Crippen LogP contribution in [0.15, 0.2) is 36.5 Å². The maximum atomic E-state index is 12.8. The first-order valence-electron chi connectivity index (χ1n) is 7.89. The molecule has 1 aromatic carbocycles. The molecule has 2 unspecified atom stereocenters. The summed E-state index contributed by atoms with van der Waals surface area (Å²) in [7, 11) is 0. The molecule has 2 atom stereocenters. The van der Waals surface area contributed by atoms with Crippen LogP contribution >= 0.6 is 23.2 Å². The van der Waals surface area contributed by atoms with Gasteiger partial charge < -0.3 is 0 Å². The van der Waals surface area contributed by atoms with Crippen molar-refractivity contribution in [2.45, 2.75) is 25.7 Å². The van der Waals surface area contributed by atoms with Crippen molar-refractivity contribution in [3.63, 3.8) is 0 Å². The van der Waals surface area contributed by atoms with Gasteiger partial charge in [0, 0.05) is 45.4 Å². The van der Waals surface area contributed by atoms with Gasteiger partial charge in [0.15, 0.2) is 5.78 Å². The summed E-state index contributed by atoms with van der Waals surface area (Å²) in [5, 5.41) is 0.603. The van der Waals surface area contributed by atoms with E-state index in [0.717, 1.165) is 5.69 Å². The number of benzene rings is 1. The van der Waals surface area contributed by atoms with Crippen LogP contribution in [0.2, 0.25) is 10.0 Å². The van der Waals surface area contributed by atoms with Crippen LogP contribution in [0.4, 0.5) is 0 Å². The van der Waals surface area contributed by atoms with Crippen molar-refractivity contribution in [2.24, 2.45) is 5.92 Å². The lowest BCUT2D eigenvalue weighted by molar-refractivity contribution is -0.124. The van der Waals surface area contributed by atoms with Crippen LogP contribution in [0.25, 0.3) is 0 Å². The predicted molar refractivity (Wildman–Crippen MR) is 97.8 cm³/mol. The SMILES string of the molecule is CC#Cc1cc(Cl)c(C2C(=O)CC(Cc3ccccn3)C2=O)c(Cl)c1. The zero-order valence-corrected chi connectivity index (χ0v) is 15.1. The van der Waals surface area contributed by atoms with Crippen molar-refractivity contribution in [1.29, 1.82) is 0 Å². The van der Waals surface area contributed by atoms with Gasteiger partial charge in [0.25, 0.3) is 0 Å². The minimum Gasteiger partial charge on any atom is -0.298 e. The van der Waals surface area contributed by atoms with Gasteiger partial charge in [0.2, 0.25) is 0 Å². The van der Waals surface area contributed by atoms with Gasteiger partial charge in [0.05, 0.1) is 0 Å². The van der Waals surface area contributed by atoms with Gasteiger partial charge in [-0.3, -0.25) is 14.6 Å². The lowest BCUT2D eigenvalue weighted by Gasteiger charge is -2.14. The van der Waals surface area contributed by atoms with Crippen LogP contribution in [-0.4, -0.2) is 16.6 Å². The van der Waals surface area contributed by atoms with Gasteiger partial charge in [-0.15, -0.1) is 5.92 Å². The first-order valence-corrected chi connectivity index (χ1v) is 8.65. The molecule has 1 aliphatic rings. The molecule has 0 saturated heterocycles. The smallest absolute Gasteiger partial charge is 0.151 e.